The van der Waals surface area contributed by atoms with E-state index in [4.69, 9.17) is 46.5 Å². The number of carbonyl (C=O) groups is 1. The number of hydrogen-bond acceptors (Lipinski definition) is 5. The van der Waals surface area contributed by atoms with Crippen LogP contribution >= 0.6 is 0 Å². The molecule has 29 heavy (non-hydrogen) atoms. The van der Waals surface area contributed by atoms with Gasteiger partial charge in [0.05, 0.1) is 14.2 Å². The van der Waals surface area contributed by atoms with Gasteiger partial charge < -0.3 is 24.8 Å². The molecule has 1 fully saturated rings. The average Bonchev–Trinajstić information content (AvgIpc) is 3.03. The molecule has 0 aromatic heterocycles. The molecule has 0 aliphatic carbocycles. The van der Waals surface area contributed by atoms with E-state index in [9.17, 15) is 9.90 Å². The van der Waals surface area contributed by atoms with Gasteiger partial charge in [-0.25, -0.2) is 0 Å². The highest BCUT2D eigenvalue weighted by molar-refractivity contribution is 5.76. The first-order chi connectivity index (χ1) is 24.2. The predicted molar refractivity (Wildman–Crippen MR) is 113 cm³/mol. The summed E-state index contributed by atoms with van der Waals surface area (Å²) in [5.74, 6) is -3.33. The molecule has 0 saturated carbocycles. The van der Waals surface area contributed by atoms with Crippen LogP contribution in [0.1, 0.15) is 107 Å². The number of carbonyl (C=O) groups excluding carboxylic acids is 1. The maximum atomic E-state index is 13.6. The molecular weight excluding hydrogens is 368 g/mol. The van der Waals surface area contributed by atoms with Gasteiger partial charge in [0.25, 0.3) is 0 Å². The monoisotopic (exact) mass is 431 g/mol. The standard InChI is InChI=1S/C23H36N2O4/c1-2-3-4-5-6-9-22(26)24-19(17-25-12-7-8-13-25)23(27)18-10-11-20-21(16-18)29-15-14-28-20/h10-11,16,19,23,27H,2-9,12-15,17H2,1H3,(H,24,26)/t19-,23-/m1/s1/i1D3,2D2,3D2,4D2,5D2,6D2,7D2,8D2,12D2,13D2,14D2,15D2,19D,23D. The summed E-state index contributed by atoms with van der Waals surface area (Å²) in [6.45, 7) is -19.8. The minimum atomic E-state index is -4.44. The summed E-state index contributed by atoms with van der Waals surface area (Å²) < 4.78 is 227. The highest BCUT2D eigenvalue weighted by Crippen LogP contribution is 2.33. The molecule has 1 amide bonds. The third kappa shape index (κ3) is 6.61. The number of ether oxygens (including phenoxy) is 2. The quantitative estimate of drug-likeness (QED) is 0.562. The van der Waals surface area contributed by atoms with Gasteiger partial charge in [-0.1, -0.05) is 38.4 Å². The van der Waals surface area contributed by atoms with E-state index in [-0.39, 0.29) is 4.90 Å². The van der Waals surface area contributed by atoms with Crippen LogP contribution in [-0.2, 0) is 4.79 Å². The van der Waals surface area contributed by atoms with Gasteiger partial charge in [0.15, 0.2) is 11.5 Å². The summed E-state index contributed by atoms with van der Waals surface area (Å²) in [6, 6.07) is -1.76. The first-order valence-electron chi connectivity index (χ1n) is 21.6. The lowest BCUT2D eigenvalue weighted by Crippen LogP contribution is -2.46. The van der Waals surface area contributed by atoms with Crippen LogP contribution in [0.4, 0.5) is 0 Å². The fourth-order valence-electron chi connectivity index (χ4n) is 2.22. The molecule has 0 bridgehead atoms. The van der Waals surface area contributed by atoms with E-state index in [1.54, 1.807) is 5.32 Å². The van der Waals surface area contributed by atoms with E-state index in [0.717, 1.165) is 6.07 Å². The zero-order valence-corrected chi connectivity index (χ0v) is 14.8. The summed E-state index contributed by atoms with van der Waals surface area (Å²) in [6.07, 6.45) is -34.9. The number of fused-ring (bicyclic) bond motifs is 1. The second-order valence-corrected chi connectivity index (χ2v) is 5.36. The number of rotatable bonds is 11. The maximum absolute atomic E-state index is 13.6. The van der Waals surface area contributed by atoms with Crippen LogP contribution in [0.3, 0.4) is 0 Å². The van der Waals surface area contributed by atoms with Crippen LogP contribution in [0.5, 0.6) is 11.5 Å². The van der Waals surface area contributed by atoms with E-state index >= 15 is 0 Å². The van der Waals surface area contributed by atoms with Gasteiger partial charge in [-0.3, -0.25) is 4.79 Å². The highest BCUT2D eigenvalue weighted by Gasteiger charge is 2.27. The molecule has 6 heteroatoms. The SMILES string of the molecule is [2H]C([2H])([2H])C([2H])([2H])C([2H])([2H])C([2H])([2H])C([2H])([2H])C([2H])([2H])CC(=O)N[C@]([2H])(CN1C([2H])([2H])C([2H])([2H])C([2H])([2H])C1([2H])[2H])[C@]([2H])(O)c1ccc2c(c1)OC([2H])([2H])C([2H])([2H])O2. The molecule has 2 aliphatic heterocycles. The second kappa shape index (κ2) is 11.4. The largest absolute Gasteiger partial charge is 0.486 e. The fourth-order valence-corrected chi connectivity index (χ4v) is 2.22. The molecule has 0 spiro atoms. The lowest BCUT2D eigenvalue weighted by atomic mass is 10.0. The molecule has 1 aromatic carbocycles. The fraction of sp³-hybridized carbons (Fsp3) is 0.696. The third-order valence-electron chi connectivity index (χ3n) is 3.44. The molecule has 2 heterocycles. The molecule has 2 aliphatic rings. The second-order valence-electron chi connectivity index (χ2n) is 5.36. The molecular formula is C23H36N2O4. The Labute approximate surface area is 212 Å². The zero-order valence-electron chi connectivity index (χ0n) is 41.8. The van der Waals surface area contributed by atoms with E-state index in [1.165, 1.54) is 0 Å². The van der Waals surface area contributed by atoms with Crippen LogP contribution in [-0.4, -0.2) is 54.6 Å². The van der Waals surface area contributed by atoms with Gasteiger partial charge >= 0.3 is 0 Å². The smallest absolute Gasteiger partial charge is 0.220 e. The van der Waals surface area contributed by atoms with Crippen molar-refractivity contribution in [3.63, 3.8) is 0 Å². The molecule has 0 radical (unpaired) electrons. The summed E-state index contributed by atoms with van der Waals surface area (Å²) in [4.78, 5) is 13.2. The van der Waals surface area contributed by atoms with Crippen molar-refractivity contribution in [3.05, 3.63) is 23.8 Å². The highest BCUT2D eigenvalue weighted by atomic mass is 16.6. The zero-order chi connectivity index (χ0) is 44.5. The van der Waals surface area contributed by atoms with E-state index in [0.29, 0.717) is 12.1 Å². The number of hydrogen-bond donors (Lipinski definition) is 2. The predicted octanol–water partition coefficient (Wildman–Crippen LogP) is 3.43. The summed E-state index contributed by atoms with van der Waals surface area (Å²) in [5.41, 5.74) is -0.950. The Balaban J connectivity index is 2.20. The molecule has 1 aromatic rings. The Kier molecular flexibility index (Phi) is 2.33. The van der Waals surface area contributed by atoms with E-state index in [1.807, 2.05) is 0 Å². The van der Waals surface area contributed by atoms with Crippen LogP contribution in [0.25, 0.3) is 0 Å². The Morgan fingerprint density at radius 1 is 1.28 bits per heavy atom. The Bertz CT molecular complexity index is 1680. The number of likely N-dealkylation sites (tertiary alicyclic amines) is 1. The number of amides is 1. The first-order valence-corrected chi connectivity index (χ1v) is 8.06. The van der Waals surface area contributed by atoms with Crippen molar-refractivity contribution in [3.8, 4) is 11.5 Å². The lowest BCUT2D eigenvalue weighted by Gasteiger charge is -2.29. The number of benzene rings is 1. The van der Waals surface area contributed by atoms with Crippen molar-refractivity contribution in [2.75, 3.05) is 32.7 Å². The van der Waals surface area contributed by atoms with Gasteiger partial charge in [0.2, 0.25) is 5.91 Å². The van der Waals surface area contributed by atoms with Crippen LogP contribution in [0.15, 0.2) is 18.2 Å². The minimum absolute atomic E-state index is 0.323. The van der Waals surface area contributed by atoms with Crippen LogP contribution < -0.4 is 14.8 Å². The molecule has 162 valence electrons. The lowest BCUT2D eigenvalue weighted by molar-refractivity contribution is -0.123. The average molecular weight is 432 g/mol. The van der Waals surface area contributed by atoms with Gasteiger partial charge in [-0.05, 0) is 49.8 Å². The number of nitrogens with zero attached hydrogens (tertiary/aromatic N) is 1. The van der Waals surface area contributed by atoms with Crippen molar-refractivity contribution < 1.29 is 56.4 Å². The summed E-state index contributed by atoms with van der Waals surface area (Å²) in [5, 5.41) is 13.2. The Morgan fingerprint density at radius 3 is 2.83 bits per heavy atom. The van der Waals surface area contributed by atoms with Crippen molar-refractivity contribution in [1.82, 2.24) is 10.2 Å². The summed E-state index contributed by atoms with van der Waals surface area (Å²) in [7, 11) is 0. The number of aliphatic hydroxyl groups is 1. The molecule has 1 saturated heterocycles. The van der Waals surface area contributed by atoms with Crippen molar-refractivity contribution in [2.24, 2.45) is 0 Å². The van der Waals surface area contributed by atoms with Crippen LogP contribution in [0, 0.1) is 0 Å². The Morgan fingerprint density at radius 2 is 2.03 bits per heavy atom. The normalized spacial score (nSPS) is 47.7. The first kappa shape index (κ1) is 5.92. The third-order valence-corrected chi connectivity index (χ3v) is 3.44. The summed E-state index contributed by atoms with van der Waals surface area (Å²) >= 11 is 0. The minimum Gasteiger partial charge on any atom is -0.486 e. The van der Waals surface area contributed by atoms with Gasteiger partial charge in [-0.15, -0.1) is 0 Å². The van der Waals surface area contributed by atoms with Gasteiger partial charge in [0, 0.05) is 41.8 Å². The van der Waals surface area contributed by atoms with Crippen molar-refractivity contribution in [2.45, 2.75) is 70.0 Å². The maximum Gasteiger partial charge on any atom is 0.220 e. The van der Waals surface area contributed by atoms with Gasteiger partial charge in [-0.2, -0.15) is 0 Å². The Hall–Kier alpha value is -1.79. The van der Waals surface area contributed by atoms with Crippen LogP contribution in [0.2, 0.25) is 0 Å². The number of nitrogens with one attached hydrogen (secondary N) is 1. The van der Waals surface area contributed by atoms with E-state index < -0.39 is 126 Å². The van der Waals surface area contributed by atoms with E-state index in [2.05, 4.69) is 0 Å². The molecule has 3 rings (SSSR count). The van der Waals surface area contributed by atoms with Gasteiger partial charge in [0.1, 0.15) is 19.2 Å². The topological polar surface area (TPSA) is 71.0 Å². The van der Waals surface area contributed by atoms with Crippen molar-refractivity contribution in [1.29, 1.82) is 0 Å². The molecule has 6 nitrogen and oxygen atoms in total. The van der Waals surface area contributed by atoms with Crippen molar-refractivity contribution >= 4 is 5.91 Å². The molecule has 2 N–H and O–H groups in total. The molecule has 2 atom stereocenters. The molecule has 0 unspecified atom stereocenters.